The first-order valence-corrected chi connectivity index (χ1v) is 6.90. The second-order valence-corrected chi connectivity index (χ2v) is 5.26. The third kappa shape index (κ3) is 3.47. The summed E-state index contributed by atoms with van der Waals surface area (Å²) in [7, 11) is 0. The number of nitrogens with one attached hydrogen (secondary N) is 1. The van der Waals surface area contributed by atoms with Crippen LogP contribution in [0.5, 0.6) is 0 Å². The van der Waals surface area contributed by atoms with Crippen molar-refractivity contribution in [2.75, 3.05) is 31.5 Å². The van der Waals surface area contributed by atoms with E-state index in [9.17, 15) is 4.79 Å². The van der Waals surface area contributed by atoms with Crippen molar-refractivity contribution < 1.29 is 9.90 Å². The number of benzene rings is 1. The molecule has 1 heterocycles. The van der Waals surface area contributed by atoms with Crippen LogP contribution in [0.25, 0.3) is 0 Å². The Bertz CT molecular complexity index is 459. The molecule has 0 spiro atoms. The van der Waals surface area contributed by atoms with E-state index in [1.54, 1.807) is 12.1 Å². The van der Waals surface area contributed by atoms with Crippen molar-refractivity contribution in [3.63, 3.8) is 0 Å². The van der Waals surface area contributed by atoms with Gasteiger partial charge in [0, 0.05) is 18.8 Å². The molecule has 19 heavy (non-hydrogen) atoms. The Morgan fingerprint density at radius 1 is 1.53 bits per heavy atom. The van der Waals surface area contributed by atoms with Crippen LogP contribution in [0.1, 0.15) is 29.3 Å². The summed E-state index contributed by atoms with van der Waals surface area (Å²) in [5.74, 6) is -0.178. The van der Waals surface area contributed by atoms with Crippen LogP contribution in [0, 0.1) is 12.8 Å². The number of aryl methyl sites for hydroxylation is 1. The molecule has 104 valence electrons. The van der Waals surface area contributed by atoms with E-state index in [0.29, 0.717) is 11.5 Å². The number of hydrogen-bond acceptors (Lipinski definition) is 3. The Morgan fingerprint density at radius 3 is 2.89 bits per heavy atom. The van der Waals surface area contributed by atoms with Crippen molar-refractivity contribution in [3.05, 3.63) is 29.3 Å². The van der Waals surface area contributed by atoms with Crippen LogP contribution in [0.3, 0.4) is 0 Å². The van der Waals surface area contributed by atoms with E-state index in [1.807, 2.05) is 13.0 Å². The van der Waals surface area contributed by atoms with Crippen LogP contribution in [0.4, 0.5) is 5.69 Å². The molecule has 0 aromatic heterocycles. The Kier molecular flexibility index (Phi) is 4.43. The van der Waals surface area contributed by atoms with E-state index in [2.05, 4.69) is 17.1 Å². The molecule has 1 atom stereocenters. The predicted molar refractivity (Wildman–Crippen MR) is 76.8 cm³/mol. The molecule has 1 aliphatic rings. The van der Waals surface area contributed by atoms with Gasteiger partial charge in [-0.05, 0) is 56.1 Å². The minimum absolute atomic E-state index is 0.348. The average Bonchev–Trinajstić information content (AvgIpc) is 2.85. The maximum absolute atomic E-state index is 10.9. The highest BCUT2D eigenvalue weighted by Crippen LogP contribution is 2.20. The summed E-state index contributed by atoms with van der Waals surface area (Å²) in [6.07, 6.45) is 1.24. The lowest BCUT2D eigenvalue weighted by Gasteiger charge is -2.15. The van der Waals surface area contributed by atoms with E-state index >= 15 is 0 Å². The van der Waals surface area contributed by atoms with E-state index in [1.165, 1.54) is 13.0 Å². The highest BCUT2D eigenvalue weighted by Gasteiger charge is 2.20. The second kappa shape index (κ2) is 6.06. The molecule has 1 aromatic rings. The number of rotatable bonds is 5. The lowest BCUT2D eigenvalue weighted by molar-refractivity contribution is 0.0697. The van der Waals surface area contributed by atoms with Gasteiger partial charge in [-0.25, -0.2) is 4.79 Å². The number of carboxylic acids is 1. The Labute approximate surface area is 114 Å². The largest absolute Gasteiger partial charge is 0.478 e. The van der Waals surface area contributed by atoms with E-state index in [4.69, 9.17) is 5.11 Å². The van der Waals surface area contributed by atoms with Crippen LogP contribution in [-0.2, 0) is 0 Å². The number of anilines is 1. The highest BCUT2D eigenvalue weighted by molar-refractivity contribution is 5.88. The highest BCUT2D eigenvalue weighted by atomic mass is 16.4. The Hall–Kier alpha value is -1.55. The summed E-state index contributed by atoms with van der Waals surface area (Å²) in [4.78, 5) is 13.3. The first-order chi connectivity index (χ1) is 9.10. The fourth-order valence-corrected chi connectivity index (χ4v) is 2.62. The first kappa shape index (κ1) is 13.9. The quantitative estimate of drug-likeness (QED) is 0.856. The molecule has 0 aliphatic carbocycles. The maximum atomic E-state index is 10.9. The van der Waals surface area contributed by atoms with Crippen LogP contribution in [0.15, 0.2) is 18.2 Å². The summed E-state index contributed by atoms with van der Waals surface area (Å²) < 4.78 is 0. The fraction of sp³-hybridized carbons (Fsp3) is 0.533. The van der Waals surface area contributed by atoms with Gasteiger partial charge in [0.15, 0.2) is 0 Å². The van der Waals surface area contributed by atoms with Gasteiger partial charge in [0.1, 0.15) is 0 Å². The standard InChI is InChI=1S/C15H22N2O2/c1-3-17-7-6-12(10-17)9-16-14-5-4-13(15(18)19)8-11(14)2/h4-5,8,12,16H,3,6-7,9-10H2,1-2H3,(H,18,19). The van der Waals surface area contributed by atoms with E-state index in [0.717, 1.165) is 30.9 Å². The smallest absolute Gasteiger partial charge is 0.335 e. The Balaban J connectivity index is 1.91. The van der Waals surface area contributed by atoms with Gasteiger partial charge in [-0.3, -0.25) is 0 Å². The summed E-state index contributed by atoms with van der Waals surface area (Å²) in [6.45, 7) is 8.59. The zero-order valence-corrected chi connectivity index (χ0v) is 11.6. The molecule has 1 aromatic carbocycles. The van der Waals surface area contributed by atoms with Gasteiger partial charge in [0.05, 0.1) is 5.56 Å². The molecule has 1 fully saturated rings. The monoisotopic (exact) mass is 262 g/mol. The van der Waals surface area contributed by atoms with Gasteiger partial charge in [-0.15, -0.1) is 0 Å². The van der Waals surface area contributed by atoms with Gasteiger partial charge in [0.25, 0.3) is 0 Å². The molecular weight excluding hydrogens is 240 g/mol. The van der Waals surface area contributed by atoms with E-state index in [-0.39, 0.29) is 0 Å². The van der Waals surface area contributed by atoms with Gasteiger partial charge < -0.3 is 15.3 Å². The van der Waals surface area contributed by atoms with Crippen LogP contribution in [0.2, 0.25) is 0 Å². The molecule has 0 saturated carbocycles. The van der Waals surface area contributed by atoms with Crippen molar-refractivity contribution in [2.45, 2.75) is 20.3 Å². The molecule has 1 aliphatic heterocycles. The molecule has 0 radical (unpaired) electrons. The molecule has 4 nitrogen and oxygen atoms in total. The number of carboxylic acid groups (broad SMARTS) is 1. The SMILES string of the molecule is CCN1CCC(CNc2ccc(C(=O)O)cc2C)C1. The van der Waals surface area contributed by atoms with Crippen LogP contribution >= 0.6 is 0 Å². The molecular formula is C15H22N2O2. The van der Waals surface area contributed by atoms with Crippen molar-refractivity contribution in [1.29, 1.82) is 0 Å². The van der Waals surface area contributed by atoms with Gasteiger partial charge >= 0.3 is 5.97 Å². The first-order valence-electron chi connectivity index (χ1n) is 6.90. The number of aromatic carboxylic acids is 1. The molecule has 4 heteroatoms. The number of nitrogens with zero attached hydrogens (tertiary/aromatic N) is 1. The zero-order valence-electron chi connectivity index (χ0n) is 11.6. The topological polar surface area (TPSA) is 52.6 Å². The van der Waals surface area contributed by atoms with Gasteiger partial charge in [-0.1, -0.05) is 6.92 Å². The summed E-state index contributed by atoms with van der Waals surface area (Å²) in [5, 5.41) is 12.4. The summed E-state index contributed by atoms with van der Waals surface area (Å²) in [5.41, 5.74) is 2.38. The molecule has 2 N–H and O–H groups in total. The second-order valence-electron chi connectivity index (χ2n) is 5.26. The number of likely N-dealkylation sites (tertiary alicyclic amines) is 1. The molecule has 0 amide bonds. The van der Waals surface area contributed by atoms with Crippen molar-refractivity contribution in [2.24, 2.45) is 5.92 Å². The van der Waals surface area contributed by atoms with Crippen molar-refractivity contribution >= 4 is 11.7 Å². The molecule has 1 unspecified atom stereocenters. The normalized spacial score (nSPS) is 19.6. The zero-order chi connectivity index (χ0) is 13.8. The fourth-order valence-electron chi connectivity index (χ4n) is 2.62. The van der Waals surface area contributed by atoms with Crippen LogP contribution < -0.4 is 5.32 Å². The van der Waals surface area contributed by atoms with Crippen molar-refractivity contribution in [1.82, 2.24) is 4.90 Å². The van der Waals surface area contributed by atoms with E-state index < -0.39 is 5.97 Å². The molecule has 0 bridgehead atoms. The summed E-state index contributed by atoms with van der Waals surface area (Å²) >= 11 is 0. The lowest BCUT2D eigenvalue weighted by atomic mass is 10.1. The van der Waals surface area contributed by atoms with Gasteiger partial charge in [0.2, 0.25) is 0 Å². The third-order valence-corrected chi connectivity index (χ3v) is 3.87. The molecule has 1 saturated heterocycles. The minimum Gasteiger partial charge on any atom is -0.478 e. The molecule has 2 rings (SSSR count). The van der Waals surface area contributed by atoms with Crippen LogP contribution in [-0.4, -0.2) is 42.2 Å². The lowest BCUT2D eigenvalue weighted by Crippen LogP contribution is -2.22. The van der Waals surface area contributed by atoms with Gasteiger partial charge in [-0.2, -0.15) is 0 Å². The summed E-state index contributed by atoms with van der Waals surface area (Å²) in [6, 6.07) is 5.24. The maximum Gasteiger partial charge on any atom is 0.335 e. The predicted octanol–water partition coefficient (Wildman–Crippen LogP) is 2.45. The van der Waals surface area contributed by atoms with Crippen molar-refractivity contribution in [3.8, 4) is 0 Å². The third-order valence-electron chi connectivity index (χ3n) is 3.87. The Morgan fingerprint density at radius 2 is 2.32 bits per heavy atom. The number of carbonyl (C=O) groups is 1. The number of hydrogen-bond donors (Lipinski definition) is 2. The minimum atomic E-state index is -0.871. The average molecular weight is 262 g/mol.